The number of nitrogens with zero attached hydrogens (tertiary/aromatic N) is 2. The predicted molar refractivity (Wildman–Crippen MR) is 212 cm³/mol. The molecule has 1 aliphatic rings. The Morgan fingerprint density at radius 3 is 2.02 bits per heavy atom. The molecule has 1 aliphatic heterocycles. The van der Waals surface area contributed by atoms with E-state index in [1.807, 2.05) is 29.5 Å². The molecule has 0 unspecified atom stereocenters. The maximum Gasteiger partial charge on any atom is 0.152 e. The zero-order valence-corrected chi connectivity index (χ0v) is 27.8. The molecule has 0 saturated carbocycles. The summed E-state index contributed by atoms with van der Waals surface area (Å²) in [7, 11) is 0. The van der Waals surface area contributed by atoms with Crippen LogP contribution in [0.5, 0.6) is 11.5 Å². The summed E-state index contributed by atoms with van der Waals surface area (Å²) in [6.45, 7) is 0. The average molecular weight is 659 g/mol. The van der Waals surface area contributed by atoms with Gasteiger partial charge in [0.15, 0.2) is 11.5 Å². The van der Waals surface area contributed by atoms with E-state index in [2.05, 4.69) is 174 Å². The van der Waals surface area contributed by atoms with E-state index >= 15 is 0 Å². The fraction of sp³-hybridized carbons (Fsp3) is 0. The maximum atomic E-state index is 6.53. The molecule has 9 aromatic rings. The number of anilines is 6. The first-order valence-electron chi connectivity index (χ1n) is 16.8. The third-order valence-electron chi connectivity index (χ3n) is 9.63. The number of ether oxygens (including phenoxy) is 1. The predicted octanol–water partition coefficient (Wildman–Crippen LogP) is 13.9. The highest BCUT2D eigenvalue weighted by Gasteiger charge is 2.26. The van der Waals surface area contributed by atoms with Gasteiger partial charge in [0.2, 0.25) is 0 Å². The molecule has 50 heavy (non-hydrogen) atoms. The molecule has 4 heteroatoms. The highest BCUT2D eigenvalue weighted by molar-refractivity contribution is 7.26. The van der Waals surface area contributed by atoms with Gasteiger partial charge in [-0.3, -0.25) is 0 Å². The summed E-state index contributed by atoms with van der Waals surface area (Å²) < 4.78 is 9.10. The topological polar surface area (TPSA) is 15.7 Å². The van der Waals surface area contributed by atoms with Crippen LogP contribution in [-0.4, -0.2) is 0 Å². The van der Waals surface area contributed by atoms with Gasteiger partial charge < -0.3 is 14.5 Å². The number of thiophene rings is 1. The molecule has 8 aromatic carbocycles. The minimum Gasteiger partial charge on any atom is -0.453 e. The molecule has 0 radical (unpaired) electrons. The molecule has 3 nitrogen and oxygen atoms in total. The fourth-order valence-electron chi connectivity index (χ4n) is 7.31. The second kappa shape index (κ2) is 11.7. The van der Waals surface area contributed by atoms with Crippen LogP contribution in [0.2, 0.25) is 0 Å². The quantitative estimate of drug-likeness (QED) is 0.183. The highest BCUT2D eigenvalue weighted by Crippen LogP contribution is 2.51. The van der Waals surface area contributed by atoms with Gasteiger partial charge in [0.05, 0.1) is 27.4 Å². The number of para-hydroxylation sites is 3. The smallest absolute Gasteiger partial charge is 0.152 e. The van der Waals surface area contributed by atoms with E-state index in [9.17, 15) is 0 Å². The Balaban J connectivity index is 1.09. The van der Waals surface area contributed by atoms with E-state index in [-0.39, 0.29) is 0 Å². The molecule has 1 aromatic heterocycles. The molecule has 2 heterocycles. The van der Waals surface area contributed by atoms with Crippen molar-refractivity contribution in [3.63, 3.8) is 0 Å². The molecule has 0 spiro atoms. The van der Waals surface area contributed by atoms with Crippen LogP contribution in [0.1, 0.15) is 0 Å². The number of rotatable bonds is 5. The molecule has 236 valence electrons. The van der Waals surface area contributed by atoms with Crippen LogP contribution >= 0.6 is 11.3 Å². The average Bonchev–Trinajstić information content (AvgIpc) is 3.57. The van der Waals surface area contributed by atoms with Gasteiger partial charge in [-0.2, -0.15) is 0 Å². The molecule has 0 saturated heterocycles. The van der Waals surface area contributed by atoms with Crippen LogP contribution in [0.25, 0.3) is 42.1 Å². The van der Waals surface area contributed by atoms with E-state index < -0.39 is 0 Å². The zero-order valence-electron chi connectivity index (χ0n) is 27.0. The van der Waals surface area contributed by atoms with E-state index in [1.54, 1.807) is 0 Å². The Morgan fingerprint density at radius 2 is 1.12 bits per heavy atom. The standard InChI is InChI=1S/C46H30N2OS/c1-2-14-34(15-3-1)48-40-19-7-8-22-43(40)49-44-30-33(26-29-41(44)48)31-24-27-35(28-25-31)47(39-20-10-13-32-12-4-5-16-36(32)39)42-21-11-18-38-37-17-6-9-23-45(37)50-46(38)42/h1-30H. The van der Waals surface area contributed by atoms with Crippen molar-refractivity contribution in [3.8, 4) is 22.6 Å². The molecule has 0 bridgehead atoms. The molecular formula is C46H30N2OS. The third kappa shape index (κ3) is 4.65. The SMILES string of the molecule is c1ccc(N2c3ccccc3Oc3cc(-c4ccc(N(c5cccc6ccccc56)c5cccc6c5sc5ccccc56)cc4)ccc32)cc1. The molecule has 10 rings (SSSR count). The molecule has 0 fully saturated rings. The Bertz CT molecular complexity index is 2690. The van der Waals surface area contributed by atoms with E-state index in [0.29, 0.717) is 0 Å². The van der Waals surface area contributed by atoms with Gasteiger partial charge >= 0.3 is 0 Å². The van der Waals surface area contributed by atoms with E-state index in [0.717, 1.165) is 51.1 Å². The number of hydrogen-bond donors (Lipinski definition) is 0. The largest absolute Gasteiger partial charge is 0.453 e. The molecule has 0 atom stereocenters. The minimum atomic E-state index is 0.836. The fourth-order valence-corrected chi connectivity index (χ4v) is 8.52. The summed E-state index contributed by atoms with van der Waals surface area (Å²) in [6, 6.07) is 64.8. The van der Waals surface area contributed by atoms with Crippen LogP contribution in [0, 0.1) is 0 Å². The van der Waals surface area contributed by atoms with Crippen molar-refractivity contribution in [1.29, 1.82) is 0 Å². The summed E-state index contributed by atoms with van der Waals surface area (Å²) >= 11 is 1.86. The molecule has 0 N–H and O–H groups in total. The summed E-state index contributed by atoms with van der Waals surface area (Å²) in [5, 5.41) is 5.01. The normalized spacial score (nSPS) is 12.1. The Kier molecular flexibility index (Phi) is 6.68. The van der Waals surface area contributed by atoms with Crippen LogP contribution in [0.3, 0.4) is 0 Å². The molecular weight excluding hydrogens is 629 g/mol. The van der Waals surface area contributed by atoms with Crippen LogP contribution in [-0.2, 0) is 0 Å². The van der Waals surface area contributed by atoms with Gasteiger partial charge in [0, 0.05) is 32.2 Å². The molecule has 0 amide bonds. The Morgan fingerprint density at radius 1 is 0.460 bits per heavy atom. The lowest BCUT2D eigenvalue weighted by atomic mass is 10.0. The van der Waals surface area contributed by atoms with Crippen LogP contribution in [0.4, 0.5) is 34.1 Å². The van der Waals surface area contributed by atoms with Crippen molar-refractivity contribution in [3.05, 3.63) is 182 Å². The van der Waals surface area contributed by atoms with Crippen molar-refractivity contribution in [2.45, 2.75) is 0 Å². The Labute approximate surface area is 294 Å². The number of fused-ring (bicyclic) bond motifs is 6. The van der Waals surface area contributed by atoms with E-state index in [4.69, 9.17) is 4.74 Å². The van der Waals surface area contributed by atoms with Gasteiger partial charge in [-0.05, 0) is 83.2 Å². The molecule has 0 aliphatic carbocycles. The first kappa shape index (κ1) is 28.6. The van der Waals surface area contributed by atoms with Crippen molar-refractivity contribution in [2.24, 2.45) is 0 Å². The number of hydrogen-bond acceptors (Lipinski definition) is 4. The second-order valence-corrected chi connectivity index (χ2v) is 13.6. The maximum absolute atomic E-state index is 6.53. The summed E-state index contributed by atoms with van der Waals surface area (Å²) in [4.78, 5) is 4.70. The minimum absolute atomic E-state index is 0.836. The summed E-state index contributed by atoms with van der Waals surface area (Å²) in [5.41, 5.74) is 8.82. The van der Waals surface area contributed by atoms with E-state index in [1.165, 1.54) is 36.6 Å². The third-order valence-corrected chi connectivity index (χ3v) is 10.8. The lowest BCUT2D eigenvalue weighted by Crippen LogP contribution is -2.15. The van der Waals surface area contributed by atoms with Crippen molar-refractivity contribution < 1.29 is 4.74 Å². The Hall–Kier alpha value is -6.36. The van der Waals surface area contributed by atoms with Crippen molar-refractivity contribution in [2.75, 3.05) is 9.80 Å². The monoisotopic (exact) mass is 658 g/mol. The van der Waals surface area contributed by atoms with Gasteiger partial charge in [0.25, 0.3) is 0 Å². The summed E-state index contributed by atoms with van der Waals surface area (Å²) in [6.07, 6.45) is 0. The van der Waals surface area contributed by atoms with Crippen molar-refractivity contribution >= 4 is 76.4 Å². The lowest BCUT2D eigenvalue weighted by molar-refractivity contribution is 0.477. The van der Waals surface area contributed by atoms with Gasteiger partial charge in [-0.15, -0.1) is 11.3 Å². The lowest BCUT2D eigenvalue weighted by Gasteiger charge is -2.33. The first-order chi connectivity index (χ1) is 24.8. The highest BCUT2D eigenvalue weighted by atomic mass is 32.1. The summed E-state index contributed by atoms with van der Waals surface area (Å²) in [5.74, 6) is 1.68. The van der Waals surface area contributed by atoms with Gasteiger partial charge in [0.1, 0.15) is 0 Å². The van der Waals surface area contributed by atoms with Gasteiger partial charge in [-0.25, -0.2) is 0 Å². The first-order valence-corrected chi connectivity index (χ1v) is 17.7. The van der Waals surface area contributed by atoms with Crippen molar-refractivity contribution in [1.82, 2.24) is 0 Å². The van der Waals surface area contributed by atoms with Crippen LogP contribution in [0.15, 0.2) is 182 Å². The second-order valence-electron chi connectivity index (χ2n) is 12.6. The zero-order chi connectivity index (χ0) is 33.0. The van der Waals surface area contributed by atoms with Gasteiger partial charge in [-0.1, -0.05) is 115 Å². The van der Waals surface area contributed by atoms with Crippen LogP contribution < -0.4 is 14.5 Å². The number of benzene rings is 8.